The zero-order chi connectivity index (χ0) is 17.0. The van der Waals surface area contributed by atoms with E-state index in [4.69, 9.17) is 9.47 Å². The van der Waals surface area contributed by atoms with Crippen molar-refractivity contribution in [1.29, 1.82) is 0 Å². The topological polar surface area (TPSA) is 122 Å². The van der Waals surface area contributed by atoms with Gasteiger partial charge in [0.2, 0.25) is 0 Å². The lowest BCUT2D eigenvalue weighted by molar-refractivity contribution is -0.385. The molecule has 2 aromatic carbocycles. The van der Waals surface area contributed by atoms with E-state index in [-0.39, 0.29) is 28.4 Å². The second-order valence-corrected chi connectivity index (χ2v) is 4.29. The summed E-state index contributed by atoms with van der Waals surface area (Å²) in [5.41, 5.74) is -0.707. The normalized spacial score (nSPS) is 9.96. The van der Waals surface area contributed by atoms with Crippen LogP contribution in [0.15, 0.2) is 42.5 Å². The second-order valence-electron chi connectivity index (χ2n) is 4.29. The van der Waals surface area contributed by atoms with Crippen LogP contribution in [-0.2, 0) is 0 Å². The van der Waals surface area contributed by atoms with E-state index in [0.717, 1.165) is 12.1 Å². The molecule has 0 saturated heterocycles. The van der Waals surface area contributed by atoms with Gasteiger partial charge in [-0.15, -0.1) is 0 Å². The van der Waals surface area contributed by atoms with Crippen molar-refractivity contribution in [2.45, 2.75) is 0 Å². The van der Waals surface area contributed by atoms with Gasteiger partial charge < -0.3 is 9.47 Å². The average Bonchev–Trinajstić information content (AvgIpc) is 2.54. The van der Waals surface area contributed by atoms with Crippen molar-refractivity contribution in [3.63, 3.8) is 0 Å². The molecule has 0 aliphatic rings. The molecular weight excluding hydrogens is 308 g/mol. The molecule has 118 valence electrons. The molecule has 0 spiro atoms. The first-order chi connectivity index (χ1) is 10.9. The van der Waals surface area contributed by atoms with Crippen LogP contribution in [0.2, 0.25) is 0 Å². The Morgan fingerprint density at radius 2 is 1.78 bits per heavy atom. The van der Waals surface area contributed by atoms with E-state index in [1.807, 2.05) is 0 Å². The third kappa shape index (κ3) is 3.59. The summed E-state index contributed by atoms with van der Waals surface area (Å²) < 4.78 is 9.83. The Labute approximate surface area is 129 Å². The fraction of sp³-hybridized carbons (Fsp3) is 0.0714. The molecule has 0 atom stereocenters. The summed E-state index contributed by atoms with van der Waals surface area (Å²) in [7, 11) is 1.27. The molecule has 0 aliphatic heterocycles. The van der Waals surface area contributed by atoms with Gasteiger partial charge in [-0.1, -0.05) is 6.07 Å². The molecule has 0 fully saturated rings. The molecule has 2 aromatic rings. The Hall–Kier alpha value is -3.49. The number of carbonyl (C=O) groups excluding carboxylic acids is 1. The van der Waals surface area contributed by atoms with Crippen molar-refractivity contribution in [1.82, 2.24) is 0 Å². The zero-order valence-electron chi connectivity index (χ0n) is 11.8. The molecule has 2 rings (SSSR count). The summed E-state index contributed by atoms with van der Waals surface area (Å²) in [6.45, 7) is 0. The van der Waals surface area contributed by atoms with E-state index in [0.29, 0.717) is 0 Å². The van der Waals surface area contributed by atoms with Crippen LogP contribution in [0.25, 0.3) is 0 Å². The van der Waals surface area contributed by atoms with Gasteiger partial charge in [0.05, 0.1) is 28.6 Å². The lowest BCUT2D eigenvalue weighted by atomic mass is 10.2. The quantitative estimate of drug-likeness (QED) is 0.359. The molecule has 0 heterocycles. The average molecular weight is 318 g/mol. The fourth-order valence-electron chi connectivity index (χ4n) is 1.79. The van der Waals surface area contributed by atoms with Crippen LogP contribution in [-0.4, -0.2) is 22.9 Å². The van der Waals surface area contributed by atoms with Crippen molar-refractivity contribution in [3.05, 3.63) is 68.3 Å². The maximum atomic E-state index is 12.0. The van der Waals surface area contributed by atoms with Crippen LogP contribution in [0, 0.1) is 20.2 Å². The molecule has 0 aliphatic carbocycles. The number of ether oxygens (including phenoxy) is 2. The predicted molar refractivity (Wildman–Crippen MR) is 77.7 cm³/mol. The van der Waals surface area contributed by atoms with E-state index in [9.17, 15) is 25.0 Å². The maximum Gasteiger partial charge on any atom is 0.343 e. The van der Waals surface area contributed by atoms with Crippen LogP contribution in [0.4, 0.5) is 11.4 Å². The minimum Gasteiger partial charge on any atom is -0.490 e. The molecule has 0 aromatic heterocycles. The predicted octanol–water partition coefficient (Wildman–Crippen LogP) is 2.73. The number of hydrogen-bond donors (Lipinski definition) is 0. The number of rotatable bonds is 5. The number of benzene rings is 2. The van der Waals surface area contributed by atoms with Crippen molar-refractivity contribution in [2.75, 3.05) is 7.11 Å². The number of methoxy groups -OCH3 is 1. The SMILES string of the molecule is COc1ccc(C(=O)Oc2cccc([N+](=O)[O-])c2)cc1[N+](=O)[O-]. The highest BCUT2D eigenvalue weighted by atomic mass is 16.6. The smallest absolute Gasteiger partial charge is 0.343 e. The molecule has 0 amide bonds. The number of carbonyl (C=O) groups is 1. The standard InChI is InChI=1S/C14H10N2O7/c1-22-13-6-5-9(7-12(13)16(20)21)14(17)23-11-4-2-3-10(8-11)15(18)19/h2-8H,1H3. The number of nitro groups is 2. The number of non-ortho nitro benzene ring substituents is 1. The highest BCUT2D eigenvalue weighted by molar-refractivity contribution is 5.92. The Morgan fingerprint density at radius 3 is 2.39 bits per heavy atom. The van der Waals surface area contributed by atoms with E-state index < -0.39 is 15.8 Å². The third-order valence-electron chi connectivity index (χ3n) is 2.85. The van der Waals surface area contributed by atoms with Gasteiger partial charge in [0.25, 0.3) is 5.69 Å². The highest BCUT2D eigenvalue weighted by Gasteiger charge is 2.19. The van der Waals surface area contributed by atoms with Crippen LogP contribution in [0.5, 0.6) is 11.5 Å². The van der Waals surface area contributed by atoms with Crippen molar-refractivity contribution in [3.8, 4) is 11.5 Å². The van der Waals surface area contributed by atoms with Gasteiger partial charge in [-0.25, -0.2) is 4.79 Å². The molecule has 0 unspecified atom stereocenters. The minimum atomic E-state index is -0.878. The molecule has 9 nitrogen and oxygen atoms in total. The summed E-state index contributed by atoms with van der Waals surface area (Å²) >= 11 is 0. The number of nitrogens with zero attached hydrogens (tertiary/aromatic N) is 2. The lowest BCUT2D eigenvalue weighted by Gasteiger charge is -2.06. The van der Waals surface area contributed by atoms with Gasteiger partial charge in [0, 0.05) is 12.1 Å². The van der Waals surface area contributed by atoms with Crippen LogP contribution in [0.1, 0.15) is 10.4 Å². The van der Waals surface area contributed by atoms with Gasteiger partial charge in [0.15, 0.2) is 5.75 Å². The van der Waals surface area contributed by atoms with Gasteiger partial charge in [-0.2, -0.15) is 0 Å². The summed E-state index contributed by atoms with van der Waals surface area (Å²) in [6, 6.07) is 8.62. The van der Waals surface area contributed by atoms with Gasteiger partial charge in [-0.05, 0) is 18.2 Å². The molecule has 9 heteroatoms. The Balaban J connectivity index is 2.27. The van der Waals surface area contributed by atoms with E-state index >= 15 is 0 Å². The number of hydrogen-bond acceptors (Lipinski definition) is 7. The fourth-order valence-corrected chi connectivity index (χ4v) is 1.79. The highest BCUT2D eigenvalue weighted by Crippen LogP contribution is 2.28. The van der Waals surface area contributed by atoms with Crippen LogP contribution >= 0.6 is 0 Å². The number of esters is 1. The van der Waals surface area contributed by atoms with E-state index in [2.05, 4.69) is 0 Å². The molecule has 0 saturated carbocycles. The molecule has 0 bridgehead atoms. The summed E-state index contributed by atoms with van der Waals surface area (Å²) in [6.07, 6.45) is 0. The van der Waals surface area contributed by atoms with Gasteiger partial charge >= 0.3 is 11.7 Å². The van der Waals surface area contributed by atoms with Crippen LogP contribution in [0.3, 0.4) is 0 Å². The van der Waals surface area contributed by atoms with Gasteiger partial charge in [0.1, 0.15) is 5.75 Å². The number of nitro benzene ring substituents is 2. The van der Waals surface area contributed by atoms with Crippen molar-refractivity contribution in [2.24, 2.45) is 0 Å². The molecule has 0 radical (unpaired) electrons. The second kappa shape index (κ2) is 6.52. The largest absolute Gasteiger partial charge is 0.490 e. The minimum absolute atomic E-state index is 0.00176. The first-order valence-electron chi connectivity index (χ1n) is 6.21. The summed E-state index contributed by atoms with van der Waals surface area (Å²) in [5, 5.41) is 21.6. The summed E-state index contributed by atoms with van der Waals surface area (Å²) in [5.74, 6) is -0.916. The first kappa shape index (κ1) is 15.9. The lowest BCUT2D eigenvalue weighted by Crippen LogP contribution is -2.09. The van der Waals surface area contributed by atoms with Gasteiger partial charge in [-0.3, -0.25) is 20.2 Å². The third-order valence-corrected chi connectivity index (χ3v) is 2.85. The van der Waals surface area contributed by atoms with E-state index in [1.54, 1.807) is 0 Å². The monoisotopic (exact) mass is 318 g/mol. The molecule has 0 N–H and O–H groups in total. The molecule has 23 heavy (non-hydrogen) atoms. The zero-order valence-corrected chi connectivity index (χ0v) is 11.8. The Bertz CT molecular complexity index is 788. The van der Waals surface area contributed by atoms with Crippen LogP contribution < -0.4 is 9.47 Å². The van der Waals surface area contributed by atoms with Crippen molar-refractivity contribution < 1.29 is 24.1 Å². The Morgan fingerprint density at radius 1 is 1.04 bits per heavy atom. The summed E-state index contributed by atoms with van der Waals surface area (Å²) in [4.78, 5) is 32.3. The first-order valence-corrected chi connectivity index (χ1v) is 6.21. The maximum absolute atomic E-state index is 12.0. The van der Waals surface area contributed by atoms with E-state index in [1.165, 1.54) is 37.4 Å². The van der Waals surface area contributed by atoms with Crippen molar-refractivity contribution >= 4 is 17.3 Å². The Kier molecular flexibility index (Phi) is 4.50. The molecular formula is C14H10N2O7.